The van der Waals surface area contributed by atoms with Crippen molar-refractivity contribution in [2.45, 2.75) is 51.6 Å². The average molecular weight is 339 g/mol. The van der Waals surface area contributed by atoms with E-state index in [2.05, 4.69) is 17.2 Å². The van der Waals surface area contributed by atoms with Gasteiger partial charge in [0, 0.05) is 19.0 Å². The van der Waals surface area contributed by atoms with Crippen LogP contribution < -0.4 is 10.9 Å². The van der Waals surface area contributed by atoms with Crippen LogP contribution in [0.3, 0.4) is 0 Å². The number of fused-ring (bicyclic) bond motifs is 3. The van der Waals surface area contributed by atoms with E-state index < -0.39 is 0 Å². The molecule has 132 valence electrons. The number of hydrogen-bond acceptors (Lipinski definition) is 3. The van der Waals surface area contributed by atoms with E-state index in [9.17, 15) is 9.59 Å². The van der Waals surface area contributed by atoms with Gasteiger partial charge in [-0.05, 0) is 56.1 Å². The molecule has 1 aromatic carbocycles. The van der Waals surface area contributed by atoms with Crippen molar-refractivity contribution >= 4 is 16.8 Å². The number of nitrogens with one attached hydrogen (secondary N) is 1. The summed E-state index contributed by atoms with van der Waals surface area (Å²) in [6.45, 7) is 2.50. The standard InChI is InChI=1S/C20H25N3O2/c1-13(17-11-14-6-7-15(17)10-14)22-19(24)8-9-23-12-21-18-5-3-2-4-16(18)20(23)25/h2-5,12-15,17H,6-11H2,1H3,(H,22,24). The van der Waals surface area contributed by atoms with Gasteiger partial charge in [-0.1, -0.05) is 18.6 Å². The molecule has 5 heteroatoms. The first kappa shape index (κ1) is 16.3. The summed E-state index contributed by atoms with van der Waals surface area (Å²) in [6, 6.07) is 7.53. The van der Waals surface area contributed by atoms with E-state index in [1.54, 1.807) is 6.07 Å². The third-order valence-corrected chi connectivity index (χ3v) is 6.13. The zero-order valence-electron chi connectivity index (χ0n) is 14.6. The first-order valence-corrected chi connectivity index (χ1v) is 9.35. The van der Waals surface area contributed by atoms with E-state index in [4.69, 9.17) is 0 Å². The molecule has 5 nitrogen and oxygen atoms in total. The van der Waals surface area contributed by atoms with Crippen LogP contribution >= 0.6 is 0 Å². The Morgan fingerprint density at radius 3 is 2.92 bits per heavy atom. The summed E-state index contributed by atoms with van der Waals surface area (Å²) in [7, 11) is 0. The Morgan fingerprint density at radius 1 is 1.32 bits per heavy atom. The predicted octanol–water partition coefficient (Wildman–Crippen LogP) is 2.73. The van der Waals surface area contributed by atoms with Gasteiger partial charge in [0.1, 0.15) is 0 Å². The number of aryl methyl sites for hydroxylation is 1. The van der Waals surface area contributed by atoms with Crippen molar-refractivity contribution < 1.29 is 4.79 Å². The molecule has 4 unspecified atom stereocenters. The fraction of sp³-hybridized carbons (Fsp3) is 0.550. The van der Waals surface area contributed by atoms with Crippen LogP contribution in [-0.2, 0) is 11.3 Å². The first-order valence-electron chi connectivity index (χ1n) is 9.35. The number of para-hydroxylation sites is 1. The molecule has 1 aromatic heterocycles. The second-order valence-corrected chi connectivity index (χ2v) is 7.71. The van der Waals surface area contributed by atoms with Crippen LogP contribution in [0.1, 0.15) is 39.0 Å². The van der Waals surface area contributed by atoms with Crippen molar-refractivity contribution in [3.63, 3.8) is 0 Å². The highest BCUT2D eigenvalue weighted by Gasteiger charge is 2.42. The lowest BCUT2D eigenvalue weighted by molar-refractivity contribution is -0.122. The summed E-state index contributed by atoms with van der Waals surface area (Å²) in [5, 5.41) is 3.76. The molecule has 1 N–H and O–H groups in total. The van der Waals surface area contributed by atoms with Crippen molar-refractivity contribution in [1.82, 2.24) is 14.9 Å². The lowest BCUT2D eigenvalue weighted by Gasteiger charge is -2.28. The van der Waals surface area contributed by atoms with Gasteiger partial charge < -0.3 is 5.32 Å². The van der Waals surface area contributed by atoms with Crippen LogP contribution in [0, 0.1) is 17.8 Å². The zero-order chi connectivity index (χ0) is 17.4. The van der Waals surface area contributed by atoms with Gasteiger partial charge in [-0.3, -0.25) is 14.2 Å². The van der Waals surface area contributed by atoms with Gasteiger partial charge in [-0.2, -0.15) is 0 Å². The maximum Gasteiger partial charge on any atom is 0.261 e. The number of carbonyl (C=O) groups is 1. The van der Waals surface area contributed by atoms with E-state index in [0.29, 0.717) is 29.8 Å². The molecular weight excluding hydrogens is 314 g/mol. The van der Waals surface area contributed by atoms with Crippen molar-refractivity contribution in [1.29, 1.82) is 0 Å². The Hall–Kier alpha value is -2.17. The Balaban J connectivity index is 1.36. The number of carbonyl (C=O) groups excluding carboxylic acids is 1. The molecule has 0 spiro atoms. The minimum Gasteiger partial charge on any atom is -0.353 e. The summed E-state index contributed by atoms with van der Waals surface area (Å²) in [5.41, 5.74) is 0.609. The van der Waals surface area contributed by atoms with Crippen LogP contribution in [-0.4, -0.2) is 21.5 Å². The van der Waals surface area contributed by atoms with Crippen LogP contribution in [0.5, 0.6) is 0 Å². The van der Waals surface area contributed by atoms with Gasteiger partial charge >= 0.3 is 0 Å². The second kappa shape index (κ2) is 6.62. The number of amides is 1. The van der Waals surface area contributed by atoms with Gasteiger partial charge in [-0.25, -0.2) is 4.98 Å². The van der Waals surface area contributed by atoms with Crippen molar-refractivity contribution in [2.75, 3.05) is 0 Å². The van der Waals surface area contributed by atoms with Crippen molar-refractivity contribution in [3.8, 4) is 0 Å². The van der Waals surface area contributed by atoms with Gasteiger partial charge in [0.15, 0.2) is 0 Å². The number of hydrogen-bond donors (Lipinski definition) is 1. The fourth-order valence-corrected chi connectivity index (χ4v) is 4.83. The first-order chi connectivity index (χ1) is 12.1. The lowest BCUT2D eigenvalue weighted by Crippen LogP contribution is -2.40. The summed E-state index contributed by atoms with van der Waals surface area (Å²) < 4.78 is 1.53. The summed E-state index contributed by atoms with van der Waals surface area (Å²) in [5.74, 6) is 2.34. The molecule has 0 aliphatic heterocycles. The Kier molecular flexibility index (Phi) is 4.32. The third kappa shape index (κ3) is 3.20. The Bertz CT molecular complexity index is 844. The molecule has 0 radical (unpaired) electrons. The zero-order valence-corrected chi connectivity index (χ0v) is 14.6. The van der Waals surface area contributed by atoms with Crippen LogP contribution in [0.15, 0.2) is 35.4 Å². The van der Waals surface area contributed by atoms with Crippen LogP contribution in [0.25, 0.3) is 10.9 Å². The molecule has 2 fully saturated rings. The molecule has 2 bridgehead atoms. The van der Waals surface area contributed by atoms with E-state index in [-0.39, 0.29) is 17.5 Å². The average Bonchev–Trinajstić information content (AvgIpc) is 3.25. The van der Waals surface area contributed by atoms with Gasteiger partial charge in [-0.15, -0.1) is 0 Å². The minimum absolute atomic E-state index is 0.0235. The third-order valence-electron chi connectivity index (χ3n) is 6.13. The number of aromatic nitrogens is 2. The Morgan fingerprint density at radius 2 is 2.16 bits per heavy atom. The highest BCUT2D eigenvalue weighted by molar-refractivity contribution is 5.77. The highest BCUT2D eigenvalue weighted by atomic mass is 16.2. The maximum atomic E-state index is 12.5. The molecule has 1 heterocycles. The topological polar surface area (TPSA) is 64.0 Å². The molecular formula is C20H25N3O2. The quantitative estimate of drug-likeness (QED) is 0.911. The van der Waals surface area contributed by atoms with Crippen LogP contribution in [0.4, 0.5) is 0 Å². The largest absolute Gasteiger partial charge is 0.353 e. The SMILES string of the molecule is CC(NC(=O)CCn1cnc2ccccc2c1=O)C1CC2CCC1C2. The Labute approximate surface area is 147 Å². The number of nitrogens with zero attached hydrogens (tertiary/aromatic N) is 2. The molecule has 2 aliphatic carbocycles. The van der Waals surface area contributed by atoms with Gasteiger partial charge in [0.25, 0.3) is 5.56 Å². The van der Waals surface area contributed by atoms with Crippen molar-refractivity contribution in [2.24, 2.45) is 17.8 Å². The van der Waals surface area contributed by atoms with Gasteiger partial charge in [0.05, 0.1) is 17.2 Å². The predicted molar refractivity (Wildman–Crippen MR) is 97.2 cm³/mol. The van der Waals surface area contributed by atoms with E-state index in [1.165, 1.54) is 36.6 Å². The van der Waals surface area contributed by atoms with Gasteiger partial charge in [0.2, 0.25) is 5.91 Å². The summed E-state index contributed by atoms with van der Waals surface area (Å²) in [4.78, 5) is 29.1. The molecule has 1 amide bonds. The van der Waals surface area contributed by atoms with E-state index >= 15 is 0 Å². The highest BCUT2D eigenvalue weighted by Crippen LogP contribution is 2.49. The monoisotopic (exact) mass is 339 g/mol. The molecule has 4 atom stereocenters. The maximum absolute atomic E-state index is 12.5. The smallest absolute Gasteiger partial charge is 0.261 e. The summed E-state index contributed by atoms with van der Waals surface area (Å²) >= 11 is 0. The minimum atomic E-state index is -0.0837. The molecule has 2 aromatic rings. The molecule has 25 heavy (non-hydrogen) atoms. The van der Waals surface area contributed by atoms with E-state index in [0.717, 1.165) is 11.8 Å². The van der Waals surface area contributed by atoms with Crippen molar-refractivity contribution in [3.05, 3.63) is 40.9 Å². The molecule has 2 saturated carbocycles. The second-order valence-electron chi connectivity index (χ2n) is 7.71. The number of rotatable bonds is 5. The van der Waals surface area contributed by atoms with E-state index in [1.807, 2.05) is 18.2 Å². The molecule has 2 aliphatic rings. The van der Waals surface area contributed by atoms with Crippen LogP contribution in [0.2, 0.25) is 0 Å². The fourth-order valence-electron chi connectivity index (χ4n) is 4.83. The lowest BCUT2D eigenvalue weighted by atomic mass is 9.84. The molecule has 4 rings (SSSR count). The molecule has 0 saturated heterocycles. The summed E-state index contributed by atoms with van der Waals surface area (Å²) in [6.07, 6.45) is 7.17. The number of benzene rings is 1. The normalized spacial score (nSPS) is 26.0.